The number of esters is 1. The van der Waals surface area contributed by atoms with E-state index in [1.165, 1.54) is 7.11 Å². The van der Waals surface area contributed by atoms with Crippen molar-refractivity contribution in [2.75, 3.05) is 24.4 Å². The highest BCUT2D eigenvalue weighted by atomic mass is 16.5. The van der Waals surface area contributed by atoms with E-state index in [0.717, 1.165) is 11.3 Å². The van der Waals surface area contributed by atoms with E-state index in [4.69, 9.17) is 0 Å². The predicted molar refractivity (Wildman–Crippen MR) is 73.4 cm³/mol. The van der Waals surface area contributed by atoms with Crippen LogP contribution in [0.3, 0.4) is 0 Å². The molecule has 2 amide bonds. The van der Waals surface area contributed by atoms with Crippen molar-refractivity contribution in [3.05, 3.63) is 23.8 Å². The van der Waals surface area contributed by atoms with Gasteiger partial charge in [0.2, 0.25) is 11.8 Å². The summed E-state index contributed by atoms with van der Waals surface area (Å²) in [5.41, 5.74) is 2.38. The topological polar surface area (TPSA) is 75.7 Å². The number of amides is 2. The minimum absolute atomic E-state index is 0.0363. The van der Waals surface area contributed by atoms with Gasteiger partial charge in [-0.2, -0.15) is 0 Å². The third-order valence-electron chi connectivity index (χ3n) is 3.22. The Morgan fingerprint density at radius 2 is 2.10 bits per heavy atom. The fourth-order valence-electron chi connectivity index (χ4n) is 2.09. The number of carbonyl (C=O) groups excluding carboxylic acids is 3. The number of likely N-dealkylation sites (N-methyl/N-ethyl adjacent to an activating group) is 1. The largest absolute Gasteiger partial charge is 0.469 e. The van der Waals surface area contributed by atoms with E-state index in [-0.39, 0.29) is 24.7 Å². The molecule has 0 bridgehead atoms. The summed E-state index contributed by atoms with van der Waals surface area (Å²) in [6.45, 7) is 0. The van der Waals surface area contributed by atoms with Gasteiger partial charge in [0.05, 0.1) is 20.0 Å². The van der Waals surface area contributed by atoms with Crippen LogP contribution >= 0.6 is 0 Å². The second-order valence-electron chi connectivity index (χ2n) is 4.60. The third kappa shape index (κ3) is 2.96. The van der Waals surface area contributed by atoms with Gasteiger partial charge in [-0.3, -0.25) is 14.4 Å². The third-order valence-corrected chi connectivity index (χ3v) is 3.22. The SMILES string of the molecule is COC(=O)CCC(=O)Nc1ccc2c(c1)CC(=O)N2C. The number of carbonyl (C=O) groups is 3. The molecular formula is C14H16N2O4. The highest BCUT2D eigenvalue weighted by Gasteiger charge is 2.24. The number of ether oxygens (including phenoxy) is 1. The van der Waals surface area contributed by atoms with Crippen molar-refractivity contribution in [2.45, 2.75) is 19.3 Å². The van der Waals surface area contributed by atoms with Crippen LogP contribution < -0.4 is 10.2 Å². The first-order chi connectivity index (χ1) is 9.51. The van der Waals surface area contributed by atoms with E-state index >= 15 is 0 Å². The van der Waals surface area contributed by atoms with E-state index in [1.54, 1.807) is 30.1 Å². The van der Waals surface area contributed by atoms with Crippen molar-refractivity contribution < 1.29 is 19.1 Å². The van der Waals surface area contributed by atoms with Gasteiger partial charge in [0, 0.05) is 24.8 Å². The second kappa shape index (κ2) is 5.73. The molecule has 6 nitrogen and oxygen atoms in total. The molecule has 0 atom stereocenters. The standard InChI is InChI=1S/C14H16N2O4/c1-16-11-4-3-10(7-9(11)8-13(16)18)15-12(17)5-6-14(19)20-2/h3-4,7H,5-6,8H2,1-2H3,(H,15,17). The lowest BCUT2D eigenvalue weighted by Crippen LogP contribution is -2.20. The van der Waals surface area contributed by atoms with Crippen LogP contribution in [0.25, 0.3) is 0 Å². The summed E-state index contributed by atoms with van der Waals surface area (Å²) < 4.78 is 4.47. The molecule has 1 aliphatic heterocycles. The zero-order valence-electron chi connectivity index (χ0n) is 11.4. The molecule has 106 valence electrons. The Morgan fingerprint density at radius 1 is 1.35 bits per heavy atom. The summed E-state index contributed by atoms with van der Waals surface area (Å²) in [4.78, 5) is 35.8. The Bertz CT molecular complexity index is 568. The Kier molecular flexibility index (Phi) is 4.02. The summed E-state index contributed by atoms with van der Waals surface area (Å²) in [5.74, 6) is -0.636. The molecule has 1 heterocycles. The maximum atomic E-state index is 11.7. The molecule has 1 N–H and O–H groups in total. The van der Waals surface area contributed by atoms with Gasteiger partial charge in [0.15, 0.2) is 0 Å². The number of hydrogen-bond acceptors (Lipinski definition) is 4. The molecule has 6 heteroatoms. The summed E-state index contributed by atoms with van der Waals surface area (Å²) in [6.07, 6.45) is 0.467. The number of benzene rings is 1. The zero-order chi connectivity index (χ0) is 14.7. The van der Waals surface area contributed by atoms with Gasteiger partial charge in [-0.15, -0.1) is 0 Å². The Labute approximate surface area is 116 Å². The number of nitrogens with one attached hydrogen (secondary N) is 1. The molecule has 0 saturated heterocycles. The summed E-state index contributed by atoms with van der Waals surface area (Å²) in [5, 5.41) is 2.70. The highest BCUT2D eigenvalue weighted by molar-refractivity contribution is 6.02. The molecule has 0 aromatic heterocycles. The Balaban J connectivity index is 1.98. The summed E-state index contributed by atoms with van der Waals surface area (Å²) in [7, 11) is 3.01. The normalized spacial score (nSPS) is 13.1. The lowest BCUT2D eigenvalue weighted by molar-refractivity contribution is -0.141. The van der Waals surface area contributed by atoms with E-state index < -0.39 is 5.97 Å². The number of anilines is 2. The number of fused-ring (bicyclic) bond motifs is 1. The molecular weight excluding hydrogens is 260 g/mol. The molecule has 0 unspecified atom stereocenters. The summed E-state index contributed by atoms with van der Waals surface area (Å²) >= 11 is 0. The molecule has 0 aliphatic carbocycles. The number of methoxy groups -OCH3 is 1. The fourth-order valence-corrected chi connectivity index (χ4v) is 2.09. The van der Waals surface area contributed by atoms with E-state index in [0.29, 0.717) is 12.1 Å². The molecule has 1 aromatic rings. The van der Waals surface area contributed by atoms with Crippen LogP contribution in [-0.2, 0) is 25.5 Å². The van der Waals surface area contributed by atoms with Crippen molar-refractivity contribution >= 4 is 29.2 Å². The van der Waals surface area contributed by atoms with Crippen molar-refractivity contribution in [1.82, 2.24) is 0 Å². The van der Waals surface area contributed by atoms with Crippen LogP contribution in [-0.4, -0.2) is 31.9 Å². The lowest BCUT2D eigenvalue weighted by atomic mass is 10.1. The van der Waals surface area contributed by atoms with E-state index in [1.807, 2.05) is 0 Å². The van der Waals surface area contributed by atoms with Crippen molar-refractivity contribution in [1.29, 1.82) is 0 Å². The lowest BCUT2D eigenvalue weighted by Gasteiger charge is -2.11. The van der Waals surface area contributed by atoms with Crippen LogP contribution in [0.5, 0.6) is 0 Å². The molecule has 0 radical (unpaired) electrons. The van der Waals surface area contributed by atoms with Crippen molar-refractivity contribution in [3.63, 3.8) is 0 Å². The molecule has 0 spiro atoms. The minimum atomic E-state index is -0.415. The van der Waals surface area contributed by atoms with Gasteiger partial charge in [-0.05, 0) is 23.8 Å². The first kappa shape index (κ1) is 14.0. The highest BCUT2D eigenvalue weighted by Crippen LogP contribution is 2.29. The number of rotatable bonds is 4. The van der Waals surface area contributed by atoms with Gasteiger partial charge in [0.25, 0.3) is 0 Å². The Hall–Kier alpha value is -2.37. The van der Waals surface area contributed by atoms with Crippen LogP contribution in [0.2, 0.25) is 0 Å². The van der Waals surface area contributed by atoms with Crippen LogP contribution in [0.15, 0.2) is 18.2 Å². The van der Waals surface area contributed by atoms with Gasteiger partial charge in [-0.1, -0.05) is 0 Å². The molecule has 1 aromatic carbocycles. The van der Waals surface area contributed by atoms with Gasteiger partial charge >= 0.3 is 5.97 Å². The molecule has 1 aliphatic rings. The molecule has 20 heavy (non-hydrogen) atoms. The number of hydrogen-bond donors (Lipinski definition) is 1. The monoisotopic (exact) mass is 276 g/mol. The second-order valence-corrected chi connectivity index (χ2v) is 4.60. The van der Waals surface area contributed by atoms with Crippen LogP contribution in [0.1, 0.15) is 18.4 Å². The van der Waals surface area contributed by atoms with E-state index in [2.05, 4.69) is 10.1 Å². The average Bonchev–Trinajstić information content (AvgIpc) is 2.71. The smallest absolute Gasteiger partial charge is 0.306 e. The first-order valence-electron chi connectivity index (χ1n) is 6.27. The predicted octanol–water partition coefficient (Wildman–Crippen LogP) is 1.10. The quantitative estimate of drug-likeness (QED) is 0.835. The molecule has 0 fully saturated rings. The van der Waals surface area contributed by atoms with Crippen molar-refractivity contribution in [2.24, 2.45) is 0 Å². The van der Waals surface area contributed by atoms with Gasteiger partial charge in [-0.25, -0.2) is 0 Å². The maximum Gasteiger partial charge on any atom is 0.306 e. The molecule has 0 saturated carbocycles. The minimum Gasteiger partial charge on any atom is -0.469 e. The number of nitrogens with zero attached hydrogens (tertiary/aromatic N) is 1. The molecule has 2 rings (SSSR count). The Morgan fingerprint density at radius 3 is 2.80 bits per heavy atom. The maximum absolute atomic E-state index is 11.7. The van der Waals surface area contributed by atoms with Gasteiger partial charge in [0.1, 0.15) is 0 Å². The average molecular weight is 276 g/mol. The summed E-state index contributed by atoms with van der Waals surface area (Å²) in [6, 6.07) is 5.33. The van der Waals surface area contributed by atoms with Crippen LogP contribution in [0, 0.1) is 0 Å². The first-order valence-corrected chi connectivity index (χ1v) is 6.27. The van der Waals surface area contributed by atoms with Crippen LogP contribution in [0.4, 0.5) is 11.4 Å². The zero-order valence-corrected chi connectivity index (χ0v) is 11.4. The van der Waals surface area contributed by atoms with Gasteiger partial charge < -0.3 is 15.0 Å². The van der Waals surface area contributed by atoms with E-state index in [9.17, 15) is 14.4 Å². The fraction of sp³-hybridized carbons (Fsp3) is 0.357. The van der Waals surface area contributed by atoms with Crippen molar-refractivity contribution in [3.8, 4) is 0 Å².